The number of hydrogen-bond donors (Lipinski definition) is 1. The van der Waals surface area contributed by atoms with Gasteiger partial charge in [0.1, 0.15) is 6.04 Å². The Kier molecular flexibility index (Phi) is 7.80. The third-order valence-electron chi connectivity index (χ3n) is 5.19. The van der Waals surface area contributed by atoms with Gasteiger partial charge in [0, 0.05) is 4.47 Å². The third kappa shape index (κ3) is 5.62. The van der Waals surface area contributed by atoms with E-state index in [0.717, 1.165) is 10.0 Å². The summed E-state index contributed by atoms with van der Waals surface area (Å²) < 4.78 is 7.03. The van der Waals surface area contributed by atoms with Crippen molar-refractivity contribution in [3.63, 3.8) is 0 Å². The molecule has 1 amide bonds. The van der Waals surface area contributed by atoms with Crippen molar-refractivity contribution in [1.29, 1.82) is 0 Å². The van der Waals surface area contributed by atoms with Gasteiger partial charge in [0.2, 0.25) is 5.91 Å². The molecule has 0 aliphatic heterocycles. The molecule has 7 nitrogen and oxygen atoms in total. The zero-order chi connectivity index (χ0) is 23.3. The molecule has 2 atom stereocenters. The lowest BCUT2D eigenvalue weighted by Crippen LogP contribution is -2.40. The molecule has 2 aromatic carbocycles. The van der Waals surface area contributed by atoms with Crippen molar-refractivity contribution in [1.82, 2.24) is 14.9 Å². The number of esters is 1. The van der Waals surface area contributed by atoms with Crippen molar-refractivity contribution in [2.75, 3.05) is 7.11 Å². The highest BCUT2D eigenvalue weighted by Gasteiger charge is 2.27. The molecule has 0 radical (unpaired) electrons. The van der Waals surface area contributed by atoms with E-state index in [9.17, 15) is 14.4 Å². The molecule has 1 N–H and O–H groups in total. The molecule has 168 valence electrons. The number of para-hydroxylation sites is 1. The number of fused-ring (bicyclic) bond motifs is 1. The molecule has 3 aromatic rings. The number of amides is 1. The van der Waals surface area contributed by atoms with Crippen molar-refractivity contribution < 1.29 is 14.3 Å². The fourth-order valence-electron chi connectivity index (χ4n) is 3.59. The number of halogens is 1. The molecule has 2 unspecified atom stereocenters. The lowest BCUT2D eigenvalue weighted by atomic mass is 10.00. The number of nitrogens with zero attached hydrogens (tertiary/aromatic N) is 2. The summed E-state index contributed by atoms with van der Waals surface area (Å²) in [5.41, 5.74) is 1.06. The van der Waals surface area contributed by atoms with Gasteiger partial charge in [0.25, 0.3) is 5.56 Å². The fourth-order valence-corrected chi connectivity index (χ4v) is 4.01. The Balaban J connectivity index is 1.98. The maximum absolute atomic E-state index is 13.4. The molecule has 0 saturated heterocycles. The Morgan fingerprint density at radius 1 is 1.16 bits per heavy atom. The molecule has 0 fully saturated rings. The zero-order valence-corrected chi connectivity index (χ0v) is 19.8. The van der Waals surface area contributed by atoms with E-state index in [-0.39, 0.29) is 23.8 Å². The smallest absolute Gasteiger partial charge is 0.307 e. The number of nitrogens with one attached hydrogen (secondary N) is 1. The minimum atomic E-state index is -0.771. The van der Waals surface area contributed by atoms with E-state index < -0.39 is 18.1 Å². The summed E-state index contributed by atoms with van der Waals surface area (Å²) in [4.78, 5) is 43.0. The van der Waals surface area contributed by atoms with Crippen LogP contribution < -0.4 is 10.9 Å². The van der Waals surface area contributed by atoms with Crippen molar-refractivity contribution >= 4 is 38.7 Å². The maximum atomic E-state index is 13.4. The van der Waals surface area contributed by atoms with Gasteiger partial charge in [-0.15, -0.1) is 0 Å². The summed E-state index contributed by atoms with van der Waals surface area (Å²) in [6.07, 6.45) is 1.83. The third-order valence-corrected chi connectivity index (χ3v) is 5.68. The quantitative estimate of drug-likeness (QED) is 0.469. The summed E-state index contributed by atoms with van der Waals surface area (Å²) >= 11 is 3.43. The first kappa shape index (κ1) is 23.7. The molecule has 1 aromatic heterocycles. The van der Waals surface area contributed by atoms with Crippen LogP contribution in [0.2, 0.25) is 0 Å². The fraction of sp³-hybridized carbons (Fsp3) is 0.333. The van der Waals surface area contributed by atoms with Crippen LogP contribution in [0.3, 0.4) is 0 Å². The molecular weight excluding hydrogens is 474 g/mol. The van der Waals surface area contributed by atoms with E-state index in [1.807, 2.05) is 44.2 Å². The van der Waals surface area contributed by atoms with E-state index >= 15 is 0 Å². The van der Waals surface area contributed by atoms with Gasteiger partial charge in [-0.1, -0.05) is 54.0 Å². The largest absolute Gasteiger partial charge is 0.469 e. The zero-order valence-electron chi connectivity index (χ0n) is 18.2. The maximum Gasteiger partial charge on any atom is 0.307 e. The first-order chi connectivity index (χ1) is 15.3. The molecule has 0 saturated carbocycles. The van der Waals surface area contributed by atoms with Crippen LogP contribution in [-0.4, -0.2) is 28.5 Å². The Bertz CT molecular complexity index is 1180. The molecule has 8 heteroatoms. The van der Waals surface area contributed by atoms with E-state index in [1.54, 1.807) is 18.2 Å². The van der Waals surface area contributed by atoms with E-state index in [4.69, 9.17) is 4.74 Å². The van der Waals surface area contributed by atoms with Gasteiger partial charge < -0.3 is 10.1 Å². The Labute approximate surface area is 194 Å². The molecule has 1 heterocycles. The number of ether oxygens (including phenoxy) is 1. The van der Waals surface area contributed by atoms with Gasteiger partial charge in [0.15, 0.2) is 0 Å². The lowest BCUT2D eigenvalue weighted by molar-refractivity contribution is -0.141. The normalized spacial score (nSPS) is 13.0. The number of rotatable bonds is 8. The average molecular weight is 500 g/mol. The minimum absolute atomic E-state index is 0.0298. The first-order valence-electron chi connectivity index (χ1n) is 10.4. The predicted molar refractivity (Wildman–Crippen MR) is 126 cm³/mol. The number of carbonyl (C=O) groups excluding carboxylic acids is 2. The SMILES string of the molecule is COC(=O)CC(NC(=O)C(CC(C)C)n1cnc2ccccc2c1=O)c1cccc(Br)c1. The van der Waals surface area contributed by atoms with Crippen LogP contribution in [0.25, 0.3) is 10.9 Å². The molecule has 3 rings (SSSR count). The number of hydrogen-bond acceptors (Lipinski definition) is 5. The van der Waals surface area contributed by atoms with Crippen LogP contribution in [0.15, 0.2) is 64.1 Å². The Morgan fingerprint density at radius 2 is 1.91 bits per heavy atom. The van der Waals surface area contributed by atoms with Crippen molar-refractivity contribution in [3.05, 3.63) is 75.2 Å². The Morgan fingerprint density at radius 3 is 2.59 bits per heavy atom. The molecule has 32 heavy (non-hydrogen) atoms. The van der Waals surface area contributed by atoms with Gasteiger partial charge in [-0.3, -0.25) is 19.0 Å². The molecule has 0 bridgehead atoms. The lowest BCUT2D eigenvalue weighted by Gasteiger charge is -2.25. The average Bonchev–Trinajstić information content (AvgIpc) is 2.77. The summed E-state index contributed by atoms with van der Waals surface area (Å²) in [6, 6.07) is 13.0. The number of methoxy groups -OCH3 is 1. The van der Waals surface area contributed by atoms with Crippen molar-refractivity contribution in [2.45, 2.75) is 38.8 Å². The summed E-state index contributed by atoms with van der Waals surface area (Å²) in [5.74, 6) is -0.652. The van der Waals surface area contributed by atoms with Crippen LogP contribution in [0.4, 0.5) is 0 Å². The Hall–Kier alpha value is -3.00. The van der Waals surface area contributed by atoms with Crippen LogP contribution in [-0.2, 0) is 14.3 Å². The first-order valence-corrected chi connectivity index (χ1v) is 11.2. The van der Waals surface area contributed by atoms with Gasteiger partial charge >= 0.3 is 5.97 Å². The van der Waals surface area contributed by atoms with E-state index in [1.165, 1.54) is 18.0 Å². The highest BCUT2D eigenvalue weighted by Crippen LogP contribution is 2.24. The standard InChI is InChI=1S/C24H26BrN3O4/c1-15(2)11-21(28-14-26-19-10-5-4-9-18(19)24(28)31)23(30)27-20(13-22(29)32-3)16-7-6-8-17(25)12-16/h4-10,12,14-15,20-21H,11,13H2,1-3H3,(H,27,30). The van der Waals surface area contributed by atoms with Crippen LogP contribution in [0.5, 0.6) is 0 Å². The highest BCUT2D eigenvalue weighted by molar-refractivity contribution is 9.10. The highest BCUT2D eigenvalue weighted by atomic mass is 79.9. The minimum Gasteiger partial charge on any atom is -0.469 e. The molecular formula is C24H26BrN3O4. The summed E-state index contributed by atoms with van der Waals surface area (Å²) in [6.45, 7) is 3.97. The predicted octanol–water partition coefficient (Wildman–Crippen LogP) is 4.17. The van der Waals surface area contributed by atoms with Gasteiger partial charge in [-0.05, 0) is 42.2 Å². The van der Waals surface area contributed by atoms with Crippen LogP contribution in [0, 0.1) is 5.92 Å². The summed E-state index contributed by atoms with van der Waals surface area (Å²) in [7, 11) is 1.31. The van der Waals surface area contributed by atoms with Crippen molar-refractivity contribution in [2.24, 2.45) is 5.92 Å². The summed E-state index contributed by atoms with van der Waals surface area (Å²) in [5, 5.41) is 3.41. The van der Waals surface area contributed by atoms with Crippen molar-refractivity contribution in [3.8, 4) is 0 Å². The monoisotopic (exact) mass is 499 g/mol. The number of carbonyl (C=O) groups is 2. The van der Waals surface area contributed by atoms with Gasteiger partial charge in [0.05, 0.1) is 36.8 Å². The van der Waals surface area contributed by atoms with Crippen LogP contribution in [0.1, 0.15) is 44.3 Å². The van der Waals surface area contributed by atoms with Gasteiger partial charge in [-0.2, -0.15) is 0 Å². The second-order valence-electron chi connectivity index (χ2n) is 8.02. The van der Waals surface area contributed by atoms with E-state index in [2.05, 4.69) is 26.2 Å². The second kappa shape index (κ2) is 10.5. The molecule has 0 aliphatic carbocycles. The molecule has 0 aliphatic rings. The van der Waals surface area contributed by atoms with Crippen LogP contribution >= 0.6 is 15.9 Å². The number of aromatic nitrogens is 2. The topological polar surface area (TPSA) is 90.3 Å². The number of benzene rings is 2. The van der Waals surface area contributed by atoms with Gasteiger partial charge in [-0.25, -0.2) is 4.98 Å². The second-order valence-corrected chi connectivity index (χ2v) is 8.93. The van der Waals surface area contributed by atoms with E-state index in [0.29, 0.717) is 17.3 Å². The molecule has 0 spiro atoms.